The second-order valence-corrected chi connectivity index (χ2v) is 3.77. The molecular weight excluding hydrogens is 236 g/mol. The Morgan fingerprint density at radius 1 is 1.44 bits per heavy atom. The van der Waals surface area contributed by atoms with E-state index in [4.69, 9.17) is 15.2 Å². The summed E-state index contributed by atoms with van der Waals surface area (Å²) in [6.45, 7) is 2.47. The van der Waals surface area contributed by atoms with E-state index in [0.29, 0.717) is 37.7 Å². The first-order valence-electron chi connectivity index (χ1n) is 5.89. The minimum Gasteiger partial charge on any atom is -0.396 e. The van der Waals surface area contributed by atoms with Crippen molar-refractivity contribution in [2.75, 3.05) is 39.2 Å². The number of nitrogens with two attached hydrogens (primary N) is 1. The molecule has 0 saturated carbocycles. The number of H-pyrrole nitrogens is 1. The summed E-state index contributed by atoms with van der Waals surface area (Å²) in [7, 11) is 1.64. The van der Waals surface area contributed by atoms with Crippen molar-refractivity contribution in [3.05, 3.63) is 11.9 Å². The third kappa shape index (κ3) is 5.15. The van der Waals surface area contributed by atoms with E-state index >= 15 is 0 Å². The molecule has 7 nitrogen and oxygen atoms in total. The Morgan fingerprint density at radius 2 is 2.28 bits per heavy atom. The lowest BCUT2D eigenvalue weighted by atomic mass is 10.3. The fraction of sp³-hybridized carbons (Fsp3) is 0.636. The number of aromatic nitrogens is 2. The zero-order valence-electron chi connectivity index (χ0n) is 10.6. The monoisotopic (exact) mass is 256 g/mol. The third-order valence-corrected chi connectivity index (χ3v) is 2.33. The van der Waals surface area contributed by atoms with Crippen LogP contribution in [-0.2, 0) is 9.47 Å². The van der Waals surface area contributed by atoms with Gasteiger partial charge in [-0.2, -0.15) is 5.10 Å². The molecule has 0 saturated heterocycles. The van der Waals surface area contributed by atoms with Gasteiger partial charge in [-0.3, -0.25) is 9.89 Å². The zero-order chi connectivity index (χ0) is 13.2. The number of ether oxygens (including phenoxy) is 2. The SMILES string of the molecule is COCCOCCCCNC(=O)c1[nH]ncc1N. The van der Waals surface area contributed by atoms with E-state index < -0.39 is 0 Å². The van der Waals surface area contributed by atoms with Gasteiger partial charge in [0, 0.05) is 20.3 Å². The standard InChI is InChI=1S/C11H20N4O3/c1-17-6-7-18-5-3-2-4-13-11(16)10-9(12)8-14-15-10/h8H,2-7,12H2,1H3,(H,13,16)(H,14,15). The minimum atomic E-state index is -0.231. The number of carbonyl (C=O) groups excluding carboxylic acids is 1. The third-order valence-electron chi connectivity index (χ3n) is 2.33. The highest BCUT2D eigenvalue weighted by Gasteiger charge is 2.10. The highest BCUT2D eigenvalue weighted by Crippen LogP contribution is 2.04. The van der Waals surface area contributed by atoms with Crippen LogP contribution in [0, 0.1) is 0 Å². The molecule has 0 aromatic carbocycles. The Balaban J connectivity index is 2.01. The van der Waals surface area contributed by atoms with Crippen LogP contribution in [0.5, 0.6) is 0 Å². The fourth-order valence-electron chi connectivity index (χ4n) is 1.34. The summed E-state index contributed by atoms with van der Waals surface area (Å²) in [5.41, 5.74) is 6.22. The van der Waals surface area contributed by atoms with Crippen LogP contribution < -0.4 is 11.1 Å². The van der Waals surface area contributed by atoms with E-state index in [-0.39, 0.29) is 5.91 Å². The molecule has 18 heavy (non-hydrogen) atoms. The average Bonchev–Trinajstić information content (AvgIpc) is 2.79. The molecule has 1 rings (SSSR count). The molecule has 1 aromatic rings. The number of aromatic amines is 1. The molecule has 7 heteroatoms. The van der Waals surface area contributed by atoms with Crippen molar-refractivity contribution in [3.63, 3.8) is 0 Å². The Hall–Kier alpha value is -1.60. The van der Waals surface area contributed by atoms with Gasteiger partial charge in [-0.1, -0.05) is 0 Å². The predicted octanol–water partition coefficient (Wildman–Crippen LogP) is 0.165. The van der Waals surface area contributed by atoms with Crippen LogP contribution in [0.15, 0.2) is 6.20 Å². The molecule has 0 bridgehead atoms. The number of hydrogen-bond acceptors (Lipinski definition) is 5. The topological polar surface area (TPSA) is 102 Å². The largest absolute Gasteiger partial charge is 0.396 e. The lowest BCUT2D eigenvalue weighted by Crippen LogP contribution is -2.25. The van der Waals surface area contributed by atoms with Gasteiger partial charge in [0.05, 0.1) is 25.1 Å². The molecule has 0 radical (unpaired) electrons. The van der Waals surface area contributed by atoms with Gasteiger partial charge in [0.25, 0.3) is 5.91 Å². The maximum atomic E-state index is 11.6. The van der Waals surface area contributed by atoms with Gasteiger partial charge < -0.3 is 20.5 Å². The van der Waals surface area contributed by atoms with Crippen LogP contribution >= 0.6 is 0 Å². The molecule has 1 heterocycles. The van der Waals surface area contributed by atoms with Gasteiger partial charge in [-0.25, -0.2) is 0 Å². The molecular formula is C11H20N4O3. The van der Waals surface area contributed by atoms with E-state index in [1.165, 1.54) is 6.20 Å². The molecule has 0 aliphatic carbocycles. The number of amides is 1. The van der Waals surface area contributed by atoms with Gasteiger partial charge in [0.15, 0.2) is 0 Å². The number of nitrogen functional groups attached to an aromatic ring is 1. The van der Waals surface area contributed by atoms with Crippen LogP contribution in [0.4, 0.5) is 5.69 Å². The Kier molecular flexibility index (Phi) is 6.82. The minimum absolute atomic E-state index is 0.231. The smallest absolute Gasteiger partial charge is 0.271 e. The number of methoxy groups -OCH3 is 1. The quantitative estimate of drug-likeness (QED) is 0.546. The summed E-state index contributed by atoms with van der Waals surface area (Å²) >= 11 is 0. The van der Waals surface area contributed by atoms with Crippen LogP contribution in [-0.4, -0.2) is 49.6 Å². The van der Waals surface area contributed by atoms with Gasteiger partial charge in [0.2, 0.25) is 0 Å². The maximum Gasteiger partial charge on any atom is 0.271 e. The van der Waals surface area contributed by atoms with Crippen molar-refractivity contribution in [1.29, 1.82) is 0 Å². The molecule has 102 valence electrons. The first-order chi connectivity index (χ1) is 8.75. The number of hydrogen-bond donors (Lipinski definition) is 3. The van der Waals surface area contributed by atoms with Crippen molar-refractivity contribution in [2.24, 2.45) is 0 Å². The van der Waals surface area contributed by atoms with Gasteiger partial charge >= 0.3 is 0 Å². The molecule has 0 atom stereocenters. The summed E-state index contributed by atoms with van der Waals surface area (Å²) in [6.07, 6.45) is 3.16. The molecule has 1 aromatic heterocycles. The number of anilines is 1. The Labute approximate surface area is 106 Å². The lowest BCUT2D eigenvalue weighted by molar-refractivity contribution is 0.0686. The molecule has 0 fully saturated rings. The number of nitrogens with one attached hydrogen (secondary N) is 2. The molecule has 0 spiro atoms. The number of rotatable bonds is 9. The summed E-state index contributed by atoms with van der Waals surface area (Å²) in [4.78, 5) is 11.6. The second kappa shape index (κ2) is 8.48. The predicted molar refractivity (Wildman–Crippen MR) is 67.3 cm³/mol. The van der Waals surface area contributed by atoms with Crippen LogP contribution in [0.25, 0.3) is 0 Å². The van der Waals surface area contributed by atoms with Crippen molar-refractivity contribution < 1.29 is 14.3 Å². The van der Waals surface area contributed by atoms with Crippen molar-refractivity contribution in [2.45, 2.75) is 12.8 Å². The molecule has 1 amide bonds. The molecule has 4 N–H and O–H groups in total. The van der Waals surface area contributed by atoms with Gasteiger partial charge in [-0.15, -0.1) is 0 Å². The molecule has 0 unspecified atom stereocenters. The average molecular weight is 256 g/mol. The summed E-state index contributed by atoms with van der Waals surface area (Å²) in [5, 5.41) is 9.00. The van der Waals surface area contributed by atoms with Crippen molar-refractivity contribution >= 4 is 11.6 Å². The first kappa shape index (κ1) is 14.5. The zero-order valence-corrected chi connectivity index (χ0v) is 10.6. The van der Waals surface area contributed by atoms with E-state index in [2.05, 4.69) is 15.5 Å². The number of nitrogens with zero attached hydrogens (tertiary/aromatic N) is 1. The van der Waals surface area contributed by atoms with E-state index in [1.807, 2.05) is 0 Å². The van der Waals surface area contributed by atoms with Gasteiger partial charge in [-0.05, 0) is 12.8 Å². The highest BCUT2D eigenvalue weighted by atomic mass is 16.5. The Bertz CT molecular complexity index is 354. The summed E-state index contributed by atoms with van der Waals surface area (Å²) < 4.78 is 10.1. The first-order valence-corrected chi connectivity index (χ1v) is 5.89. The van der Waals surface area contributed by atoms with Crippen LogP contribution in [0.3, 0.4) is 0 Å². The molecule has 0 aliphatic rings. The van der Waals surface area contributed by atoms with Gasteiger partial charge in [0.1, 0.15) is 5.69 Å². The lowest BCUT2D eigenvalue weighted by Gasteiger charge is -2.05. The fourth-order valence-corrected chi connectivity index (χ4v) is 1.34. The highest BCUT2D eigenvalue weighted by molar-refractivity contribution is 5.96. The summed E-state index contributed by atoms with van der Waals surface area (Å²) in [5.74, 6) is -0.231. The maximum absolute atomic E-state index is 11.6. The van der Waals surface area contributed by atoms with Crippen molar-refractivity contribution in [1.82, 2.24) is 15.5 Å². The van der Waals surface area contributed by atoms with Crippen LogP contribution in [0.1, 0.15) is 23.3 Å². The molecule has 0 aliphatic heterocycles. The number of carbonyl (C=O) groups is 1. The normalized spacial score (nSPS) is 10.5. The summed E-state index contributed by atoms with van der Waals surface area (Å²) in [6, 6.07) is 0. The number of unbranched alkanes of at least 4 members (excludes halogenated alkanes) is 1. The van der Waals surface area contributed by atoms with Crippen LogP contribution in [0.2, 0.25) is 0 Å². The van der Waals surface area contributed by atoms with E-state index in [9.17, 15) is 4.79 Å². The second-order valence-electron chi connectivity index (χ2n) is 3.77. The Morgan fingerprint density at radius 3 is 2.94 bits per heavy atom. The van der Waals surface area contributed by atoms with Crippen molar-refractivity contribution in [3.8, 4) is 0 Å². The van der Waals surface area contributed by atoms with E-state index in [0.717, 1.165) is 12.8 Å². The van der Waals surface area contributed by atoms with E-state index in [1.54, 1.807) is 7.11 Å².